The van der Waals surface area contributed by atoms with Crippen molar-refractivity contribution >= 4 is 11.8 Å². The number of phenolic OH excluding ortho intramolecular Hbond substituents is 1. The van der Waals surface area contributed by atoms with E-state index in [-0.39, 0.29) is 23.6 Å². The summed E-state index contributed by atoms with van der Waals surface area (Å²) in [4.78, 5) is 26.2. The molecule has 0 saturated carbocycles. The van der Waals surface area contributed by atoms with Crippen molar-refractivity contribution in [2.75, 3.05) is 7.11 Å². The smallest absolute Gasteiger partial charge is 0.251 e. The van der Waals surface area contributed by atoms with E-state index in [9.17, 15) is 14.7 Å². The highest BCUT2D eigenvalue weighted by Gasteiger charge is 2.23. The zero-order valence-corrected chi connectivity index (χ0v) is 19.9. The summed E-state index contributed by atoms with van der Waals surface area (Å²) in [7, 11) is 1.59. The summed E-state index contributed by atoms with van der Waals surface area (Å²) >= 11 is 0. The first-order valence-corrected chi connectivity index (χ1v) is 11.5. The molecule has 0 heterocycles. The summed E-state index contributed by atoms with van der Waals surface area (Å²) in [6.07, 6.45) is 2.19. The Hall–Kier alpha value is -3.80. The Kier molecular flexibility index (Phi) is 8.68. The maximum atomic E-state index is 13.2. The van der Waals surface area contributed by atoms with E-state index in [2.05, 4.69) is 17.6 Å². The van der Waals surface area contributed by atoms with Gasteiger partial charge < -0.3 is 20.5 Å². The van der Waals surface area contributed by atoms with Crippen LogP contribution in [-0.4, -0.2) is 36.1 Å². The van der Waals surface area contributed by atoms with Crippen molar-refractivity contribution in [3.05, 3.63) is 83.9 Å². The highest BCUT2D eigenvalue weighted by molar-refractivity contribution is 5.99. The van der Waals surface area contributed by atoms with E-state index in [4.69, 9.17) is 4.74 Å². The van der Waals surface area contributed by atoms with Gasteiger partial charge in [-0.25, -0.2) is 0 Å². The standard InChI is InChI=1S/C28H32N2O4/c1-4-8-19(2)29-28(33)25(17-20-9-6-5-7-10-20)30-27(32)22-13-16-26(31)24(18-22)21-11-14-23(34-3)15-12-21/h5-7,9-16,18-19,25,31H,4,8,17H2,1-3H3,(H,29,33)(H,30,32)/t19?,25-/m0/s1. The van der Waals surface area contributed by atoms with Gasteiger partial charge in [0, 0.05) is 23.6 Å². The van der Waals surface area contributed by atoms with Gasteiger partial charge in [0.25, 0.3) is 5.91 Å². The zero-order chi connectivity index (χ0) is 24.5. The second kappa shape index (κ2) is 11.9. The summed E-state index contributed by atoms with van der Waals surface area (Å²) in [5.41, 5.74) is 2.59. The Balaban J connectivity index is 1.82. The minimum absolute atomic E-state index is 0.0167. The number of carbonyl (C=O) groups excluding carboxylic acids is 2. The molecule has 0 saturated heterocycles. The van der Waals surface area contributed by atoms with Crippen LogP contribution in [0.4, 0.5) is 0 Å². The zero-order valence-electron chi connectivity index (χ0n) is 19.9. The average molecular weight is 461 g/mol. The van der Waals surface area contributed by atoms with Crippen molar-refractivity contribution in [2.24, 2.45) is 0 Å². The van der Waals surface area contributed by atoms with Crippen LogP contribution in [-0.2, 0) is 11.2 Å². The summed E-state index contributed by atoms with van der Waals surface area (Å²) in [6.45, 7) is 4.03. The predicted molar refractivity (Wildman–Crippen MR) is 134 cm³/mol. The van der Waals surface area contributed by atoms with Crippen molar-refractivity contribution < 1.29 is 19.4 Å². The Morgan fingerprint density at radius 1 is 0.971 bits per heavy atom. The normalized spacial score (nSPS) is 12.4. The third-order valence-corrected chi connectivity index (χ3v) is 5.67. The lowest BCUT2D eigenvalue weighted by Crippen LogP contribution is -2.50. The number of methoxy groups -OCH3 is 1. The second-order valence-electron chi connectivity index (χ2n) is 8.37. The van der Waals surface area contributed by atoms with Gasteiger partial charge in [-0.1, -0.05) is 55.8 Å². The number of aromatic hydroxyl groups is 1. The van der Waals surface area contributed by atoms with Crippen molar-refractivity contribution in [3.63, 3.8) is 0 Å². The molecule has 178 valence electrons. The Bertz CT molecular complexity index is 1100. The number of benzene rings is 3. The van der Waals surface area contributed by atoms with E-state index in [1.807, 2.05) is 49.4 Å². The first-order valence-electron chi connectivity index (χ1n) is 11.5. The molecule has 2 atom stereocenters. The molecule has 1 unspecified atom stereocenters. The van der Waals surface area contributed by atoms with Crippen LogP contribution in [0.15, 0.2) is 72.8 Å². The van der Waals surface area contributed by atoms with Crippen LogP contribution in [0, 0.1) is 0 Å². The largest absolute Gasteiger partial charge is 0.507 e. The van der Waals surface area contributed by atoms with Gasteiger partial charge in [0.2, 0.25) is 5.91 Å². The van der Waals surface area contributed by atoms with Crippen molar-refractivity contribution in [3.8, 4) is 22.6 Å². The molecule has 3 aromatic carbocycles. The molecule has 0 fully saturated rings. The molecule has 0 spiro atoms. The van der Waals surface area contributed by atoms with E-state index in [1.54, 1.807) is 31.4 Å². The molecular formula is C28H32N2O4. The van der Waals surface area contributed by atoms with E-state index in [1.165, 1.54) is 6.07 Å². The number of hydrogen-bond donors (Lipinski definition) is 3. The fraction of sp³-hybridized carbons (Fsp3) is 0.286. The van der Waals surface area contributed by atoms with Gasteiger partial charge in [-0.15, -0.1) is 0 Å². The summed E-state index contributed by atoms with van der Waals surface area (Å²) in [6, 6.07) is 20.8. The second-order valence-corrected chi connectivity index (χ2v) is 8.37. The molecule has 0 aromatic heterocycles. The van der Waals surface area contributed by atoms with Gasteiger partial charge in [0.15, 0.2) is 0 Å². The molecule has 6 heteroatoms. The van der Waals surface area contributed by atoms with Gasteiger partial charge in [-0.2, -0.15) is 0 Å². The SMILES string of the molecule is CCCC(C)NC(=O)[C@H](Cc1ccccc1)NC(=O)c1ccc(O)c(-c2ccc(OC)cc2)c1. The molecule has 3 N–H and O–H groups in total. The minimum Gasteiger partial charge on any atom is -0.507 e. The molecule has 6 nitrogen and oxygen atoms in total. The Morgan fingerprint density at radius 3 is 2.32 bits per heavy atom. The third-order valence-electron chi connectivity index (χ3n) is 5.67. The van der Waals surface area contributed by atoms with Crippen molar-refractivity contribution in [1.29, 1.82) is 0 Å². The molecule has 34 heavy (non-hydrogen) atoms. The van der Waals surface area contributed by atoms with Crippen molar-refractivity contribution in [1.82, 2.24) is 10.6 Å². The number of nitrogens with one attached hydrogen (secondary N) is 2. The lowest BCUT2D eigenvalue weighted by atomic mass is 10.0. The number of hydrogen-bond acceptors (Lipinski definition) is 4. The average Bonchev–Trinajstić information content (AvgIpc) is 2.84. The van der Waals surface area contributed by atoms with E-state index in [0.29, 0.717) is 23.3 Å². The molecule has 0 aliphatic rings. The monoisotopic (exact) mass is 460 g/mol. The van der Waals surface area contributed by atoms with Crippen LogP contribution in [0.5, 0.6) is 11.5 Å². The lowest BCUT2D eigenvalue weighted by molar-refractivity contribution is -0.123. The van der Waals surface area contributed by atoms with E-state index < -0.39 is 6.04 Å². The van der Waals surface area contributed by atoms with Crippen LogP contribution in [0.2, 0.25) is 0 Å². The predicted octanol–water partition coefficient (Wildman–Crippen LogP) is 4.71. The topological polar surface area (TPSA) is 87.7 Å². The molecule has 0 aliphatic heterocycles. The number of rotatable bonds is 10. The summed E-state index contributed by atoms with van der Waals surface area (Å²) in [5.74, 6) is 0.166. The van der Waals surface area contributed by atoms with Crippen LogP contribution < -0.4 is 15.4 Å². The first kappa shape index (κ1) is 24.8. The fourth-order valence-corrected chi connectivity index (χ4v) is 3.83. The minimum atomic E-state index is -0.729. The maximum absolute atomic E-state index is 13.2. The van der Waals surface area contributed by atoms with Gasteiger partial charge in [-0.05, 0) is 54.8 Å². The number of carbonyl (C=O) groups is 2. The third kappa shape index (κ3) is 6.61. The van der Waals surface area contributed by atoms with Crippen LogP contribution in [0.25, 0.3) is 11.1 Å². The number of ether oxygens (including phenoxy) is 1. The fourth-order valence-electron chi connectivity index (χ4n) is 3.83. The molecule has 2 amide bonds. The van der Waals surface area contributed by atoms with Gasteiger partial charge in [0.1, 0.15) is 17.5 Å². The molecule has 0 radical (unpaired) electrons. The molecular weight excluding hydrogens is 428 g/mol. The highest BCUT2D eigenvalue weighted by Crippen LogP contribution is 2.31. The number of phenols is 1. The number of amides is 2. The Labute approximate surface area is 201 Å². The van der Waals surface area contributed by atoms with E-state index in [0.717, 1.165) is 24.0 Å². The van der Waals surface area contributed by atoms with Crippen LogP contribution in [0.3, 0.4) is 0 Å². The lowest BCUT2D eigenvalue weighted by Gasteiger charge is -2.22. The molecule has 0 bridgehead atoms. The van der Waals surface area contributed by atoms with Crippen molar-refractivity contribution in [2.45, 2.75) is 45.2 Å². The van der Waals surface area contributed by atoms with Crippen LogP contribution in [0.1, 0.15) is 42.6 Å². The van der Waals surface area contributed by atoms with Gasteiger partial charge in [-0.3, -0.25) is 9.59 Å². The maximum Gasteiger partial charge on any atom is 0.251 e. The molecule has 3 aromatic rings. The molecule has 0 aliphatic carbocycles. The Morgan fingerprint density at radius 2 is 1.68 bits per heavy atom. The first-order chi connectivity index (χ1) is 16.4. The van der Waals surface area contributed by atoms with Gasteiger partial charge >= 0.3 is 0 Å². The van der Waals surface area contributed by atoms with Gasteiger partial charge in [0.05, 0.1) is 7.11 Å². The van der Waals surface area contributed by atoms with E-state index >= 15 is 0 Å². The summed E-state index contributed by atoms with van der Waals surface area (Å²) < 4.78 is 5.19. The van der Waals surface area contributed by atoms with Crippen LogP contribution >= 0.6 is 0 Å². The highest BCUT2D eigenvalue weighted by atomic mass is 16.5. The summed E-state index contributed by atoms with van der Waals surface area (Å²) in [5, 5.41) is 16.3. The quantitative estimate of drug-likeness (QED) is 0.409. The molecule has 3 rings (SSSR count).